The molecule has 1 heterocycles. The fourth-order valence-electron chi connectivity index (χ4n) is 1.09. The van der Waals surface area contributed by atoms with Crippen molar-refractivity contribution in [2.45, 2.75) is 27.2 Å². The molecular weight excluding hydrogens is 150 g/mol. The summed E-state index contributed by atoms with van der Waals surface area (Å²) in [5, 5.41) is 3.06. The summed E-state index contributed by atoms with van der Waals surface area (Å²) in [6, 6.07) is 0. The lowest BCUT2D eigenvalue weighted by atomic mass is 10.2. The molecule has 0 aliphatic carbocycles. The van der Waals surface area contributed by atoms with Crippen LogP contribution in [-0.2, 0) is 6.42 Å². The first-order valence-electron chi connectivity index (χ1n) is 4.21. The summed E-state index contributed by atoms with van der Waals surface area (Å²) in [5.74, 6) is 1.85. The van der Waals surface area contributed by atoms with E-state index in [1.54, 1.807) is 0 Å². The zero-order chi connectivity index (χ0) is 9.14. The summed E-state index contributed by atoms with van der Waals surface area (Å²) < 4.78 is 0. The zero-order valence-electron chi connectivity index (χ0n) is 8.10. The maximum atomic E-state index is 4.35. The highest BCUT2D eigenvalue weighted by molar-refractivity contribution is 5.44. The molecule has 1 aromatic heterocycles. The minimum atomic E-state index is 0.885. The SMILES string of the molecule is CCc1nc(C)c(C)c(NC)n1. The summed E-state index contributed by atoms with van der Waals surface area (Å²) in [6.45, 7) is 6.10. The third-order valence-corrected chi connectivity index (χ3v) is 1.99. The van der Waals surface area contributed by atoms with Crippen LogP contribution >= 0.6 is 0 Å². The Balaban J connectivity index is 3.19. The van der Waals surface area contributed by atoms with Gasteiger partial charge in [0.15, 0.2) is 0 Å². The monoisotopic (exact) mass is 165 g/mol. The largest absolute Gasteiger partial charge is 0.373 e. The normalized spacial score (nSPS) is 10.0. The molecule has 0 saturated carbocycles. The molecule has 0 aliphatic rings. The highest BCUT2D eigenvalue weighted by Gasteiger charge is 2.04. The smallest absolute Gasteiger partial charge is 0.132 e. The van der Waals surface area contributed by atoms with E-state index in [-0.39, 0.29) is 0 Å². The molecule has 0 fully saturated rings. The first kappa shape index (κ1) is 8.97. The molecule has 0 aliphatic heterocycles. The minimum absolute atomic E-state index is 0.885. The van der Waals surface area contributed by atoms with Crippen molar-refractivity contribution in [3.05, 3.63) is 17.1 Å². The Kier molecular flexibility index (Phi) is 2.63. The van der Waals surface area contributed by atoms with E-state index in [2.05, 4.69) is 22.2 Å². The van der Waals surface area contributed by atoms with Gasteiger partial charge in [-0.1, -0.05) is 6.92 Å². The lowest BCUT2D eigenvalue weighted by molar-refractivity contribution is 0.907. The van der Waals surface area contributed by atoms with E-state index >= 15 is 0 Å². The summed E-state index contributed by atoms with van der Waals surface area (Å²) in [4.78, 5) is 8.70. The van der Waals surface area contributed by atoms with Crippen molar-refractivity contribution >= 4 is 5.82 Å². The van der Waals surface area contributed by atoms with E-state index in [4.69, 9.17) is 0 Å². The molecule has 1 aromatic rings. The highest BCUT2D eigenvalue weighted by atomic mass is 15.0. The number of nitrogens with zero attached hydrogens (tertiary/aromatic N) is 2. The van der Waals surface area contributed by atoms with Gasteiger partial charge >= 0.3 is 0 Å². The van der Waals surface area contributed by atoms with Crippen LogP contribution < -0.4 is 5.32 Å². The third-order valence-electron chi connectivity index (χ3n) is 1.99. The molecule has 3 heteroatoms. The molecule has 0 radical (unpaired) electrons. The molecule has 0 aromatic carbocycles. The van der Waals surface area contributed by atoms with Gasteiger partial charge in [0, 0.05) is 24.7 Å². The number of hydrogen-bond donors (Lipinski definition) is 1. The van der Waals surface area contributed by atoms with Crippen LogP contribution in [0.3, 0.4) is 0 Å². The van der Waals surface area contributed by atoms with Crippen LogP contribution in [0.1, 0.15) is 24.0 Å². The number of aromatic nitrogens is 2. The van der Waals surface area contributed by atoms with E-state index in [9.17, 15) is 0 Å². The third kappa shape index (κ3) is 1.55. The summed E-state index contributed by atoms with van der Waals surface area (Å²) in [6.07, 6.45) is 0.885. The molecule has 66 valence electrons. The van der Waals surface area contributed by atoms with Crippen molar-refractivity contribution in [2.75, 3.05) is 12.4 Å². The standard InChI is InChI=1S/C9H15N3/c1-5-8-11-7(3)6(2)9(10-4)12-8/h5H2,1-4H3,(H,10,11,12). The highest BCUT2D eigenvalue weighted by Crippen LogP contribution is 2.13. The lowest BCUT2D eigenvalue weighted by Crippen LogP contribution is -2.04. The molecule has 0 spiro atoms. The summed E-state index contributed by atoms with van der Waals surface area (Å²) >= 11 is 0. The van der Waals surface area contributed by atoms with Gasteiger partial charge in [-0.3, -0.25) is 0 Å². The van der Waals surface area contributed by atoms with Crippen molar-refractivity contribution in [3.63, 3.8) is 0 Å². The van der Waals surface area contributed by atoms with Gasteiger partial charge in [-0.05, 0) is 13.8 Å². The van der Waals surface area contributed by atoms with Crippen LogP contribution in [0, 0.1) is 13.8 Å². The molecule has 12 heavy (non-hydrogen) atoms. The van der Waals surface area contributed by atoms with E-state index < -0.39 is 0 Å². The van der Waals surface area contributed by atoms with Gasteiger partial charge < -0.3 is 5.32 Å². The van der Waals surface area contributed by atoms with Gasteiger partial charge in [0.25, 0.3) is 0 Å². The van der Waals surface area contributed by atoms with Crippen molar-refractivity contribution in [3.8, 4) is 0 Å². The Morgan fingerprint density at radius 2 is 1.92 bits per heavy atom. The Hall–Kier alpha value is -1.12. The average molecular weight is 165 g/mol. The Morgan fingerprint density at radius 3 is 2.42 bits per heavy atom. The van der Waals surface area contributed by atoms with Gasteiger partial charge in [0.05, 0.1) is 0 Å². The predicted molar refractivity (Wildman–Crippen MR) is 50.4 cm³/mol. The molecule has 1 N–H and O–H groups in total. The van der Waals surface area contributed by atoms with Crippen molar-refractivity contribution in [2.24, 2.45) is 0 Å². The number of anilines is 1. The molecule has 3 nitrogen and oxygen atoms in total. The van der Waals surface area contributed by atoms with E-state index in [0.717, 1.165) is 29.3 Å². The molecule has 0 saturated heterocycles. The van der Waals surface area contributed by atoms with Crippen molar-refractivity contribution in [1.29, 1.82) is 0 Å². The second kappa shape index (κ2) is 3.52. The molecule has 1 rings (SSSR count). The van der Waals surface area contributed by atoms with Crippen LogP contribution in [0.4, 0.5) is 5.82 Å². The number of rotatable bonds is 2. The van der Waals surface area contributed by atoms with Crippen molar-refractivity contribution < 1.29 is 0 Å². The lowest BCUT2D eigenvalue weighted by Gasteiger charge is -2.07. The van der Waals surface area contributed by atoms with Gasteiger partial charge in [-0.2, -0.15) is 0 Å². The maximum absolute atomic E-state index is 4.35. The van der Waals surface area contributed by atoms with Crippen molar-refractivity contribution in [1.82, 2.24) is 9.97 Å². The first-order valence-corrected chi connectivity index (χ1v) is 4.21. The summed E-state index contributed by atoms with van der Waals surface area (Å²) in [7, 11) is 1.88. The van der Waals surface area contributed by atoms with E-state index in [1.165, 1.54) is 0 Å². The van der Waals surface area contributed by atoms with E-state index in [1.807, 2.05) is 20.9 Å². The Morgan fingerprint density at radius 1 is 1.25 bits per heavy atom. The Labute approximate surface area is 73.2 Å². The quantitative estimate of drug-likeness (QED) is 0.724. The van der Waals surface area contributed by atoms with Crippen LogP contribution in [0.5, 0.6) is 0 Å². The summed E-state index contributed by atoms with van der Waals surface area (Å²) in [5.41, 5.74) is 2.20. The molecule has 0 bridgehead atoms. The average Bonchev–Trinajstić information content (AvgIpc) is 2.09. The molecule has 0 atom stereocenters. The fraction of sp³-hybridized carbons (Fsp3) is 0.556. The molecule has 0 unspecified atom stereocenters. The topological polar surface area (TPSA) is 37.8 Å². The van der Waals surface area contributed by atoms with Crippen LogP contribution in [0.25, 0.3) is 0 Å². The second-order valence-corrected chi connectivity index (χ2v) is 2.80. The minimum Gasteiger partial charge on any atom is -0.373 e. The predicted octanol–water partition coefficient (Wildman–Crippen LogP) is 1.70. The zero-order valence-corrected chi connectivity index (χ0v) is 8.10. The van der Waals surface area contributed by atoms with Gasteiger partial charge in [0.2, 0.25) is 0 Å². The first-order chi connectivity index (χ1) is 5.69. The fourth-order valence-corrected chi connectivity index (χ4v) is 1.09. The maximum Gasteiger partial charge on any atom is 0.132 e. The van der Waals surface area contributed by atoms with Gasteiger partial charge in [-0.15, -0.1) is 0 Å². The van der Waals surface area contributed by atoms with Crippen LogP contribution in [0.2, 0.25) is 0 Å². The number of aryl methyl sites for hydroxylation is 2. The molecular formula is C9H15N3. The number of hydrogen-bond acceptors (Lipinski definition) is 3. The van der Waals surface area contributed by atoms with Crippen LogP contribution in [-0.4, -0.2) is 17.0 Å². The number of nitrogens with one attached hydrogen (secondary N) is 1. The van der Waals surface area contributed by atoms with Gasteiger partial charge in [-0.25, -0.2) is 9.97 Å². The van der Waals surface area contributed by atoms with E-state index in [0.29, 0.717) is 0 Å². The molecule has 0 amide bonds. The van der Waals surface area contributed by atoms with Gasteiger partial charge in [0.1, 0.15) is 11.6 Å². The Bertz CT molecular complexity index is 281. The van der Waals surface area contributed by atoms with Crippen LogP contribution in [0.15, 0.2) is 0 Å². The second-order valence-electron chi connectivity index (χ2n) is 2.80.